The number of nitrogens with two attached hydrogens (primary N) is 1. The molecule has 3 nitrogen and oxygen atoms in total. The molecule has 0 bridgehead atoms. The van der Waals surface area contributed by atoms with Crippen LogP contribution in [0.5, 0.6) is 0 Å². The monoisotopic (exact) mass is 286 g/mol. The molecule has 2 N–H and O–H groups in total. The Bertz CT molecular complexity index is 519. The number of benzene rings is 1. The standard InChI is InChI=1S/C18H26N2O/c1-13-4-3-5-16(12-13)20(2)17(21)18(10-11-18)14-6-8-15(19)9-7-14/h6-9,13,16H,3-5,10-12,19H2,1-2H3. The molecule has 21 heavy (non-hydrogen) atoms. The number of carbonyl (C=O) groups is 1. The third-order valence-corrected chi connectivity index (χ3v) is 5.40. The molecule has 2 aliphatic rings. The second kappa shape index (κ2) is 5.36. The van der Waals surface area contributed by atoms with E-state index in [0.717, 1.165) is 42.9 Å². The van der Waals surface area contributed by atoms with Crippen LogP contribution in [0.2, 0.25) is 0 Å². The fourth-order valence-corrected chi connectivity index (χ4v) is 3.81. The molecule has 0 aromatic heterocycles. The Morgan fingerprint density at radius 3 is 2.48 bits per heavy atom. The lowest BCUT2D eigenvalue weighted by Gasteiger charge is -2.36. The van der Waals surface area contributed by atoms with Crippen molar-refractivity contribution in [3.05, 3.63) is 29.8 Å². The molecule has 2 fully saturated rings. The summed E-state index contributed by atoms with van der Waals surface area (Å²) < 4.78 is 0. The van der Waals surface area contributed by atoms with Crippen LogP contribution in [-0.4, -0.2) is 23.9 Å². The van der Waals surface area contributed by atoms with Crippen LogP contribution in [0.1, 0.15) is 51.0 Å². The first-order valence-electron chi connectivity index (χ1n) is 8.16. The van der Waals surface area contributed by atoms with Crippen molar-refractivity contribution in [2.45, 2.75) is 56.9 Å². The van der Waals surface area contributed by atoms with Gasteiger partial charge in [0.15, 0.2) is 0 Å². The Balaban J connectivity index is 1.76. The predicted octanol–water partition coefficient (Wildman–Crippen LogP) is 3.34. The SMILES string of the molecule is CC1CCCC(N(C)C(=O)C2(c3ccc(N)cc3)CC2)C1. The maximum atomic E-state index is 13.0. The normalized spacial score (nSPS) is 27.1. The molecule has 1 amide bonds. The highest BCUT2D eigenvalue weighted by Crippen LogP contribution is 2.50. The van der Waals surface area contributed by atoms with E-state index in [4.69, 9.17) is 5.73 Å². The number of hydrogen-bond acceptors (Lipinski definition) is 2. The smallest absolute Gasteiger partial charge is 0.233 e. The Labute approximate surface area is 127 Å². The Kier molecular flexibility index (Phi) is 3.68. The van der Waals surface area contributed by atoms with Crippen LogP contribution >= 0.6 is 0 Å². The van der Waals surface area contributed by atoms with E-state index >= 15 is 0 Å². The lowest BCUT2D eigenvalue weighted by molar-refractivity contribution is -0.135. The number of nitrogen functional groups attached to an aromatic ring is 1. The van der Waals surface area contributed by atoms with Gasteiger partial charge < -0.3 is 10.6 Å². The summed E-state index contributed by atoms with van der Waals surface area (Å²) >= 11 is 0. The van der Waals surface area contributed by atoms with Crippen molar-refractivity contribution in [1.82, 2.24) is 4.90 Å². The first-order chi connectivity index (χ1) is 10.0. The summed E-state index contributed by atoms with van der Waals surface area (Å²) in [5, 5.41) is 0. The van der Waals surface area contributed by atoms with Gasteiger partial charge in [0.2, 0.25) is 5.91 Å². The van der Waals surface area contributed by atoms with E-state index in [0.29, 0.717) is 11.9 Å². The fourth-order valence-electron chi connectivity index (χ4n) is 3.81. The van der Waals surface area contributed by atoms with Gasteiger partial charge in [-0.25, -0.2) is 0 Å². The number of amides is 1. The zero-order valence-electron chi connectivity index (χ0n) is 13.1. The number of likely N-dealkylation sites (N-methyl/N-ethyl adjacent to an activating group) is 1. The predicted molar refractivity (Wildman–Crippen MR) is 86.0 cm³/mol. The van der Waals surface area contributed by atoms with E-state index in [-0.39, 0.29) is 5.41 Å². The van der Waals surface area contributed by atoms with Crippen molar-refractivity contribution in [2.24, 2.45) is 5.92 Å². The molecular weight excluding hydrogens is 260 g/mol. The zero-order valence-corrected chi connectivity index (χ0v) is 13.1. The van der Waals surface area contributed by atoms with Gasteiger partial charge in [0, 0.05) is 18.8 Å². The van der Waals surface area contributed by atoms with Gasteiger partial charge in [-0.1, -0.05) is 31.9 Å². The maximum absolute atomic E-state index is 13.0. The largest absolute Gasteiger partial charge is 0.399 e. The molecule has 2 unspecified atom stereocenters. The highest BCUT2D eigenvalue weighted by Gasteiger charge is 2.53. The van der Waals surface area contributed by atoms with Crippen LogP contribution in [0.15, 0.2) is 24.3 Å². The molecule has 0 heterocycles. The Morgan fingerprint density at radius 1 is 1.24 bits per heavy atom. The van der Waals surface area contributed by atoms with Crippen LogP contribution in [0.4, 0.5) is 5.69 Å². The molecule has 0 spiro atoms. The third-order valence-electron chi connectivity index (χ3n) is 5.40. The molecule has 1 aromatic carbocycles. The fraction of sp³-hybridized carbons (Fsp3) is 0.611. The Hall–Kier alpha value is -1.51. The van der Waals surface area contributed by atoms with Crippen molar-refractivity contribution in [3.8, 4) is 0 Å². The molecule has 1 aromatic rings. The number of carbonyl (C=O) groups excluding carboxylic acids is 1. The molecule has 0 radical (unpaired) electrons. The van der Waals surface area contributed by atoms with E-state index < -0.39 is 0 Å². The Morgan fingerprint density at radius 2 is 1.90 bits per heavy atom. The molecule has 2 saturated carbocycles. The van der Waals surface area contributed by atoms with Crippen molar-refractivity contribution < 1.29 is 4.79 Å². The summed E-state index contributed by atoms with van der Waals surface area (Å²) in [7, 11) is 2.00. The molecular formula is C18H26N2O. The summed E-state index contributed by atoms with van der Waals surface area (Å²) in [6.45, 7) is 2.30. The van der Waals surface area contributed by atoms with Crippen LogP contribution in [-0.2, 0) is 10.2 Å². The van der Waals surface area contributed by atoms with Crippen LogP contribution in [0, 0.1) is 5.92 Å². The van der Waals surface area contributed by atoms with Gasteiger partial charge in [0.25, 0.3) is 0 Å². The molecule has 3 heteroatoms. The average molecular weight is 286 g/mol. The van der Waals surface area contributed by atoms with Gasteiger partial charge in [-0.3, -0.25) is 4.79 Å². The number of rotatable bonds is 3. The van der Waals surface area contributed by atoms with Crippen molar-refractivity contribution in [2.75, 3.05) is 12.8 Å². The highest BCUT2D eigenvalue weighted by atomic mass is 16.2. The minimum Gasteiger partial charge on any atom is -0.399 e. The van der Waals surface area contributed by atoms with Gasteiger partial charge >= 0.3 is 0 Å². The number of nitrogens with zero attached hydrogens (tertiary/aromatic N) is 1. The van der Waals surface area contributed by atoms with Gasteiger partial charge in [-0.15, -0.1) is 0 Å². The van der Waals surface area contributed by atoms with Gasteiger partial charge in [0.1, 0.15) is 0 Å². The van der Waals surface area contributed by atoms with E-state index in [9.17, 15) is 4.79 Å². The minimum atomic E-state index is -0.261. The average Bonchev–Trinajstić information content (AvgIpc) is 3.28. The van der Waals surface area contributed by atoms with Crippen molar-refractivity contribution in [3.63, 3.8) is 0 Å². The molecule has 0 saturated heterocycles. The first-order valence-corrected chi connectivity index (χ1v) is 8.16. The summed E-state index contributed by atoms with van der Waals surface area (Å²) in [4.78, 5) is 15.1. The number of anilines is 1. The number of hydrogen-bond donors (Lipinski definition) is 1. The van der Waals surface area contributed by atoms with Crippen LogP contribution in [0.3, 0.4) is 0 Å². The molecule has 2 atom stereocenters. The second-order valence-electron chi connectivity index (χ2n) is 7.05. The van der Waals surface area contributed by atoms with Gasteiger partial charge in [-0.05, 0) is 49.3 Å². The maximum Gasteiger partial charge on any atom is 0.233 e. The summed E-state index contributed by atoms with van der Waals surface area (Å²) in [5.41, 5.74) is 7.40. The molecule has 2 aliphatic carbocycles. The summed E-state index contributed by atoms with van der Waals surface area (Å²) in [6, 6.07) is 8.29. The third kappa shape index (κ3) is 2.66. The first kappa shape index (κ1) is 14.4. The van der Waals surface area contributed by atoms with Gasteiger partial charge in [-0.2, -0.15) is 0 Å². The highest BCUT2D eigenvalue weighted by molar-refractivity contribution is 5.91. The van der Waals surface area contributed by atoms with E-state index in [1.54, 1.807) is 0 Å². The van der Waals surface area contributed by atoms with Crippen molar-refractivity contribution in [1.29, 1.82) is 0 Å². The quantitative estimate of drug-likeness (QED) is 0.866. The van der Waals surface area contributed by atoms with Gasteiger partial charge in [0.05, 0.1) is 5.41 Å². The second-order valence-corrected chi connectivity index (χ2v) is 7.05. The van der Waals surface area contributed by atoms with E-state index in [2.05, 4.69) is 6.92 Å². The molecule has 114 valence electrons. The molecule has 3 rings (SSSR count). The minimum absolute atomic E-state index is 0.261. The summed E-state index contributed by atoms with van der Waals surface area (Å²) in [6.07, 6.45) is 6.81. The van der Waals surface area contributed by atoms with Crippen molar-refractivity contribution >= 4 is 11.6 Å². The van der Waals surface area contributed by atoms with Crippen LogP contribution in [0.25, 0.3) is 0 Å². The zero-order chi connectivity index (χ0) is 15.0. The van der Waals surface area contributed by atoms with Crippen LogP contribution < -0.4 is 5.73 Å². The molecule has 0 aliphatic heterocycles. The summed E-state index contributed by atoms with van der Waals surface area (Å²) in [5.74, 6) is 1.05. The van der Waals surface area contributed by atoms with E-state index in [1.165, 1.54) is 12.8 Å². The lowest BCUT2D eigenvalue weighted by atomic mass is 9.85. The van der Waals surface area contributed by atoms with E-state index in [1.807, 2.05) is 36.2 Å². The topological polar surface area (TPSA) is 46.3 Å². The lowest BCUT2D eigenvalue weighted by Crippen LogP contribution is -2.44.